The van der Waals surface area contributed by atoms with Crippen LogP contribution < -0.4 is 31.9 Å². The number of rotatable bonds is 11. The van der Waals surface area contributed by atoms with Crippen molar-refractivity contribution in [1.82, 2.24) is 34.9 Å². The van der Waals surface area contributed by atoms with E-state index < -0.39 is 29.8 Å². The number of nitrogens with zero attached hydrogens (tertiary/aromatic N) is 5. The Bertz CT molecular complexity index is 3080. The number of hydrogen-bond acceptors (Lipinski definition) is 9. The fourth-order valence-electron chi connectivity index (χ4n) is 12.3. The van der Waals surface area contributed by atoms with E-state index in [2.05, 4.69) is 72.1 Å². The van der Waals surface area contributed by atoms with Crippen LogP contribution >= 0.6 is 0 Å². The van der Waals surface area contributed by atoms with Crippen molar-refractivity contribution < 1.29 is 28.0 Å². The molecule has 0 bridgehead atoms. The summed E-state index contributed by atoms with van der Waals surface area (Å²) in [5.74, 6) is 3.66. The first kappa shape index (κ1) is 50.9. The highest BCUT2D eigenvalue weighted by Gasteiger charge is 2.46. The largest absolute Gasteiger partial charge is 0.382 e. The van der Waals surface area contributed by atoms with Crippen LogP contribution in [0.2, 0.25) is 0 Å². The van der Waals surface area contributed by atoms with Crippen molar-refractivity contribution >= 4 is 56.8 Å². The van der Waals surface area contributed by atoms with Gasteiger partial charge >= 0.3 is 5.69 Å². The summed E-state index contributed by atoms with van der Waals surface area (Å²) in [7, 11) is 1.71. The average Bonchev–Trinajstić information content (AvgIpc) is 3.89. The maximum absolute atomic E-state index is 14.4. The van der Waals surface area contributed by atoms with E-state index in [4.69, 9.17) is 0 Å². The zero-order valence-corrected chi connectivity index (χ0v) is 43.0. The molecule has 5 aromatic rings. The molecule has 0 radical (unpaired) electrons. The number of likely N-dealkylation sites (tertiary alicyclic amines) is 2. The molecule has 5 aliphatic heterocycles. The van der Waals surface area contributed by atoms with E-state index in [1.807, 2.05) is 56.3 Å². The van der Waals surface area contributed by atoms with E-state index in [0.29, 0.717) is 35.0 Å². The number of hydrogen-bond donors (Lipinski definition) is 4. The number of benzene rings is 4. The van der Waals surface area contributed by atoms with Gasteiger partial charge in [-0.05, 0) is 143 Å². The number of carbonyl (C=O) groups excluding carboxylic acids is 4. The van der Waals surface area contributed by atoms with Crippen molar-refractivity contribution in [3.8, 4) is 11.8 Å². The van der Waals surface area contributed by atoms with Gasteiger partial charge in [-0.25, -0.2) is 13.6 Å². The van der Waals surface area contributed by atoms with Crippen LogP contribution in [-0.2, 0) is 21.4 Å². The van der Waals surface area contributed by atoms with Crippen LogP contribution in [0, 0.1) is 42.4 Å². The third-order valence-corrected chi connectivity index (χ3v) is 16.8. The molecule has 390 valence electrons. The minimum Gasteiger partial charge on any atom is -0.382 e. The Kier molecular flexibility index (Phi) is 14.7. The summed E-state index contributed by atoms with van der Waals surface area (Å²) < 4.78 is 31.9. The van der Waals surface area contributed by atoms with E-state index in [9.17, 15) is 32.8 Å². The number of piperidine rings is 4. The number of anilines is 2. The molecule has 14 nitrogen and oxygen atoms in total. The summed E-state index contributed by atoms with van der Waals surface area (Å²) in [6, 6.07) is 22.1. The Morgan fingerprint density at radius 2 is 1.58 bits per heavy atom. The zero-order valence-electron chi connectivity index (χ0n) is 43.0. The number of aromatic nitrogens is 2. The number of carbonyl (C=O) groups is 4. The third kappa shape index (κ3) is 10.6. The molecule has 0 spiro atoms. The van der Waals surface area contributed by atoms with Gasteiger partial charge in [0.15, 0.2) is 0 Å². The highest BCUT2D eigenvalue weighted by Crippen LogP contribution is 2.34. The lowest BCUT2D eigenvalue weighted by Gasteiger charge is -2.39. The molecule has 5 saturated heterocycles. The molecule has 4 aromatic carbocycles. The van der Waals surface area contributed by atoms with Crippen molar-refractivity contribution in [2.24, 2.45) is 30.7 Å². The molecule has 2 unspecified atom stereocenters. The fourth-order valence-corrected chi connectivity index (χ4v) is 12.3. The number of aryl methyl sites for hydroxylation is 2. The second-order valence-electron chi connectivity index (χ2n) is 21.6. The molecule has 10 rings (SSSR count). The van der Waals surface area contributed by atoms with Crippen LogP contribution in [0.1, 0.15) is 104 Å². The number of imide groups is 1. The minimum absolute atomic E-state index is 0.00166. The van der Waals surface area contributed by atoms with Gasteiger partial charge in [0.2, 0.25) is 17.7 Å². The number of halogens is 2. The molecule has 4 atom stereocenters. The van der Waals surface area contributed by atoms with Crippen molar-refractivity contribution in [2.75, 3.05) is 69.1 Å². The maximum atomic E-state index is 14.4. The van der Waals surface area contributed by atoms with Crippen molar-refractivity contribution in [2.45, 2.75) is 96.2 Å². The van der Waals surface area contributed by atoms with Gasteiger partial charge in [0.25, 0.3) is 11.8 Å². The fraction of sp³-hybridized carbons (Fsp3) is 0.500. The van der Waals surface area contributed by atoms with Gasteiger partial charge < -0.3 is 30.7 Å². The van der Waals surface area contributed by atoms with Crippen molar-refractivity contribution in [1.29, 1.82) is 0 Å². The van der Waals surface area contributed by atoms with E-state index in [1.54, 1.807) is 24.6 Å². The number of imidazole rings is 1. The van der Waals surface area contributed by atoms with Gasteiger partial charge in [-0.2, -0.15) is 0 Å². The monoisotopic (exact) mass is 1010 g/mol. The lowest BCUT2D eigenvalue weighted by atomic mass is 9.90. The molecule has 0 saturated carbocycles. The minimum atomic E-state index is -2.79. The molecule has 5 fully saturated rings. The Hall–Kier alpha value is -6.57. The van der Waals surface area contributed by atoms with Crippen LogP contribution in [0.25, 0.3) is 21.8 Å². The highest BCUT2D eigenvalue weighted by molar-refractivity contribution is 6.00. The van der Waals surface area contributed by atoms with E-state index >= 15 is 0 Å². The van der Waals surface area contributed by atoms with E-state index in [-0.39, 0.29) is 54.9 Å². The second-order valence-corrected chi connectivity index (χ2v) is 21.6. The molecular formula is C58H69F2N9O5. The second kappa shape index (κ2) is 21.3. The summed E-state index contributed by atoms with van der Waals surface area (Å²) in [5, 5.41) is 13.7. The Labute approximate surface area is 431 Å². The Morgan fingerprint density at radius 3 is 2.30 bits per heavy atom. The predicted octanol–water partition coefficient (Wildman–Crippen LogP) is 7.14. The molecule has 6 heterocycles. The Morgan fingerprint density at radius 1 is 0.838 bits per heavy atom. The first-order valence-corrected chi connectivity index (χ1v) is 26.7. The van der Waals surface area contributed by atoms with E-state index in [0.717, 1.165) is 123 Å². The molecule has 5 aliphatic rings. The molecule has 0 aliphatic carbocycles. The maximum Gasteiger partial charge on any atom is 0.329 e. The molecule has 16 heteroatoms. The number of nitrogens with one attached hydrogen (secondary N) is 4. The molecular weight excluding hydrogens is 941 g/mol. The quantitative estimate of drug-likeness (QED) is 0.0800. The van der Waals surface area contributed by atoms with Crippen LogP contribution in [0.3, 0.4) is 0 Å². The number of fused-ring (bicyclic) bond motifs is 2. The lowest BCUT2D eigenvalue weighted by Crippen LogP contribution is -2.47. The van der Waals surface area contributed by atoms with Crippen molar-refractivity contribution in [3.63, 3.8) is 0 Å². The molecule has 4 N–H and O–H groups in total. The normalized spacial score (nSPS) is 22.1. The zero-order chi connectivity index (χ0) is 51.8. The van der Waals surface area contributed by atoms with Gasteiger partial charge in [-0.15, -0.1) is 0 Å². The van der Waals surface area contributed by atoms with Gasteiger partial charge in [-0.1, -0.05) is 48.2 Å². The topological polar surface area (TPSA) is 153 Å². The van der Waals surface area contributed by atoms with Crippen LogP contribution in [-0.4, -0.2) is 113 Å². The summed E-state index contributed by atoms with van der Waals surface area (Å²) in [6.07, 6.45) is 6.10. The summed E-state index contributed by atoms with van der Waals surface area (Å²) >= 11 is 0. The van der Waals surface area contributed by atoms with Gasteiger partial charge in [-0.3, -0.25) is 33.6 Å². The number of amides is 4. The van der Waals surface area contributed by atoms with E-state index in [1.165, 1.54) is 4.57 Å². The van der Waals surface area contributed by atoms with Gasteiger partial charge in [0, 0.05) is 93.1 Å². The Balaban J connectivity index is 0.676. The summed E-state index contributed by atoms with van der Waals surface area (Å²) in [4.78, 5) is 72.2. The van der Waals surface area contributed by atoms with Crippen LogP contribution in [0.4, 0.5) is 20.2 Å². The first-order chi connectivity index (χ1) is 35.6. The number of alkyl halides is 2. The smallest absolute Gasteiger partial charge is 0.329 e. The summed E-state index contributed by atoms with van der Waals surface area (Å²) in [6.45, 7) is 11.7. The van der Waals surface area contributed by atoms with Crippen LogP contribution in [0.5, 0.6) is 0 Å². The van der Waals surface area contributed by atoms with Crippen molar-refractivity contribution in [3.05, 3.63) is 106 Å². The third-order valence-electron chi connectivity index (χ3n) is 16.8. The van der Waals surface area contributed by atoms with Gasteiger partial charge in [0.1, 0.15) is 6.04 Å². The standard InChI is InChI=1S/C58H69F2N9O5/c1-36-9-13-43(62-38(3)49-33-61-35-58(49,59)60)31-48(36)54(71)63-37(2)45-15-12-41(46-7-5-6-8-47(45)46)11-10-39-19-25-66(26-20-39)34-40-21-27-68(28-22-40)56(73)42-23-29-67(30-24-42)44-14-16-50-52(32-44)65(4)57(74)69(50)51-17-18-53(70)64-55(51)72/h5-9,12-16,31-32,37-40,42,49,51,61-62H,17-30,33-35H2,1-4H3,(H,63,71)(H,64,70,72)/t37-,38?,49-,51?/m1/s1. The molecule has 74 heavy (non-hydrogen) atoms. The SMILES string of the molecule is Cc1ccc(NC(C)[C@H]2CNCC2(F)F)cc1C(=O)N[C@H](C)c1ccc(C#CC2CCN(CC3CCN(C(=O)C4CCN(c5ccc6c(c5)n(C)c(=O)n6C5CCC(=O)NC5=O)CC4)CC3)CC2)c2ccccc12. The molecule has 1 aromatic heterocycles. The lowest BCUT2D eigenvalue weighted by molar-refractivity contribution is -0.138. The first-order valence-electron chi connectivity index (χ1n) is 26.7. The summed E-state index contributed by atoms with van der Waals surface area (Å²) in [5.41, 5.74) is 5.99. The molecule has 4 amide bonds. The van der Waals surface area contributed by atoms with Crippen LogP contribution in [0.15, 0.2) is 77.6 Å². The highest BCUT2D eigenvalue weighted by atomic mass is 19.3. The van der Waals surface area contributed by atoms with Gasteiger partial charge in [0.05, 0.1) is 29.5 Å². The predicted molar refractivity (Wildman–Crippen MR) is 284 cm³/mol. The average molecular weight is 1010 g/mol.